The number of benzene rings is 3. The molecule has 3 aromatic carbocycles. The maximum Gasteiger partial charge on any atom is 0.119 e. The first-order valence-electron chi connectivity index (χ1n) is 8.96. The Bertz CT molecular complexity index is 705. The molecule has 134 valence electrons. The highest BCUT2D eigenvalue weighted by Gasteiger charge is 2.14. The second kappa shape index (κ2) is 9.76. The fourth-order valence-electron chi connectivity index (χ4n) is 2.93. The number of hydrogen-bond donors (Lipinski definition) is 1. The van der Waals surface area contributed by atoms with Gasteiger partial charge in [0.15, 0.2) is 0 Å². The van der Waals surface area contributed by atoms with Crippen molar-refractivity contribution >= 4 is 0 Å². The van der Waals surface area contributed by atoms with Gasteiger partial charge in [-0.1, -0.05) is 78.9 Å². The van der Waals surface area contributed by atoms with Crippen molar-refractivity contribution in [1.29, 1.82) is 0 Å². The van der Waals surface area contributed by atoms with Crippen molar-refractivity contribution in [2.24, 2.45) is 0 Å². The molecule has 0 fully saturated rings. The van der Waals surface area contributed by atoms with E-state index in [0.717, 1.165) is 18.8 Å². The number of para-hydroxylation sites is 1. The first-order chi connectivity index (χ1) is 12.8. The molecule has 0 spiro atoms. The summed E-state index contributed by atoms with van der Waals surface area (Å²) in [6.07, 6.45) is -0.553. The van der Waals surface area contributed by atoms with Gasteiger partial charge in [0.05, 0.1) is 0 Å². The highest BCUT2D eigenvalue weighted by atomic mass is 16.5. The Balaban J connectivity index is 1.60. The minimum atomic E-state index is -0.553. The van der Waals surface area contributed by atoms with E-state index >= 15 is 0 Å². The molecule has 0 bridgehead atoms. The number of nitrogens with zero attached hydrogens (tertiary/aromatic N) is 1. The molecular formula is C23H25NO2. The molecule has 0 aliphatic carbocycles. The lowest BCUT2D eigenvalue weighted by molar-refractivity contribution is 0.0628. The van der Waals surface area contributed by atoms with Crippen molar-refractivity contribution < 1.29 is 9.84 Å². The Kier molecular flexibility index (Phi) is 6.82. The smallest absolute Gasteiger partial charge is 0.119 e. The fraction of sp³-hybridized carbons (Fsp3) is 0.217. The van der Waals surface area contributed by atoms with Crippen molar-refractivity contribution in [3.63, 3.8) is 0 Å². The average molecular weight is 347 g/mol. The third kappa shape index (κ3) is 6.03. The van der Waals surface area contributed by atoms with Crippen LogP contribution in [0.5, 0.6) is 5.75 Å². The number of ether oxygens (including phenoxy) is 1. The summed E-state index contributed by atoms with van der Waals surface area (Å²) in [7, 11) is 0. The topological polar surface area (TPSA) is 32.7 Å². The largest absolute Gasteiger partial charge is 0.491 e. The van der Waals surface area contributed by atoms with Gasteiger partial charge in [0.1, 0.15) is 18.5 Å². The van der Waals surface area contributed by atoms with E-state index in [4.69, 9.17) is 4.74 Å². The van der Waals surface area contributed by atoms with Crippen molar-refractivity contribution in [1.82, 2.24) is 4.90 Å². The molecule has 3 aromatic rings. The summed E-state index contributed by atoms with van der Waals surface area (Å²) in [5.74, 6) is 0.782. The summed E-state index contributed by atoms with van der Waals surface area (Å²) in [6.45, 7) is 2.41. The lowest BCUT2D eigenvalue weighted by atomic mass is 10.1. The molecule has 3 rings (SSSR count). The molecule has 0 aliphatic heterocycles. The Morgan fingerprint density at radius 3 is 1.65 bits per heavy atom. The van der Waals surface area contributed by atoms with Gasteiger partial charge in [-0.25, -0.2) is 0 Å². The van der Waals surface area contributed by atoms with Gasteiger partial charge in [-0.15, -0.1) is 0 Å². The second-order valence-electron chi connectivity index (χ2n) is 6.42. The fourth-order valence-corrected chi connectivity index (χ4v) is 2.93. The van der Waals surface area contributed by atoms with Crippen LogP contribution in [0.15, 0.2) is 91.0 Å². The summed E-state index contributed by atoms with van der Waals surface area (Å²) in [5.41, 5.74) is 2.47. The van der Waals surface area contributed by atoms with E-state index in [9.17, 15) is 5.11 Å². The Labute approximate surface area is 155 Å². The lowest BCUT2D eigenvalue weighted by Gasteiger charge is -2.25. The average Bonchev–Trinajstić information content (AvgIpc) is 2.69. The zero-order valence-corrected chi connectivity index (χ0v) is 14.9. The summed E-state index contributed by atoms with van der Waals surface area (Å²) < 4.78 is 5.69. The maximum absolute atomic E-state index is 10.5. The Morgan fingerprint density at radius 2 is 1.15 bits per heavy atom. The van der Waals surface area contributed by atoms with Crippen molar-refractivity contribution in [2.45, 2.75) is 19.2 Å². The molecule has 0 radical (unpaired) electrons. The van der Waals surface area contributed by atoms with Gasteiger partial charge in [-0.05, 0) is 23.3 Å². The molecule has 0 saturated carbocycles. The third-order valence-corrected chi connectivity index (χ3v) is 4.15. The molecule has 0 amide bonds. The highest BCUT2D eigenvalue weighted by molar-refractivity contribution is 5.21. The predicted octanol–water partition coefficient (Wildman–Crippen LogP) is 4.13. The zero-order valence-electron chi connectivity index (χ0n) is 14.9. The van der Waals surface area contributed by atoms with E-state index in [1.165, 1.54) is 11.1 Å². The van der Waals surface area contributed by atoms with Crippen LogP contribution in [0.4, 0.5) is 0 Å². The van der Waals surface area contributed by atoms with Crippen molar-refractivity contribution in [3.05, 3.63) is 102 Å². The van der Waals surface area contributed by atoms with Gasteiger partial charge in [0.25, 0.3) is 0 Å². The number of aliphatic hydroxyl groups is 1. The van der Waals surface area contributed by atoms with E-state index < -0.39 is 6.10 Å². The first kappa shape index (κ1) is 18.2. The molecule has 0 heterocycles. The van der Waals surface area contributed by atoms with Gasteiger partial charge in [0, 0.05) is 19.6 Å². The molecular weight excluding hydrogens is 322 g/mol. The van der Waals surface area contributed by atoms with Crippen LogP contribution in [-0.2, 0) is 13.1 Å². The molecule has 26 heavy (non-hydrogen) atoms. The normalized spacial score (nSPS) is 12.1. The molecule has 1 N–H and O–H groups in total. The van der Waals surface area contributed by atoms with Crippen LogP contribution in [0, 0.1) is 0 Å². The van der Waals surface area contributed by atoms with E-state index in [0.29, 0.717) is 6.54 Å². The van der Waals surface area contributed by atoms with Crippen LogP contribution in [-0.4, -0.2) is 29.3 Å². The van der Waals surface area contributed by atoms with Crippen LogP contribution in [0.2, 0.25) is 0 Å². The molecule has 0 saturated heterocycles. The minimum absolute atomic E-state index is 0.282. The zero-order chi connectivity index (χ0) is 18.0. The lowest BCUT2D eigenvalue weighted by Crippen LogP contribution is -2.35. The van der Waals surface area contributed by atoms with E-state index in [-0.39, 0.29) is 6.61 Å². The molecule has 3 heteroatoms. The van der Waals surface area contributed by atoms with Gasteiger partial charge in [-0.2, -0.15) is 0 Å². The monoisotopic (exact) mass is 347 g/mol. The minimum Gasteiger partial charge on any atom is -0.491 e. The summed E-state index contributed by atoms with van der Waals surface area (Å²) in [6, 6.07) is 30.3. The van der Waals surface area contributed by atoms with E-state index in [1.807, 2.05) is 66.7 Å². The predicted molar refractivity (Wildman–Crippen MR) is 105 cm³/mol. The van der Waals surface area contributed by atoms with Gasteiger partial charge in [-0.3, -0.25) is 4.90 Å². The summed E-state index contributed by atoms with van der Waals surface area (Å²) in [5, 5.41) is 10.5. The molecule has 1 unspecified atom stereocenters. The van der Waals surface area contributed by atoms with E-state index in [2.05, 4.69) is 29.2 Å². The second-order valence-corrected chi connectivity index (χ2v) is 6.42. The first-order valence-corrected chi connectivity index (χ1v) is 8.96. The van der Waals surface area contributed by atoms with Crippen LogP contribution in [0.25, 0.3) is 0 Å². The van der Waals surface area contributed by atoms with Crippen LogP contribution in [0.1, 0.15) is 11.1 Å². The van der Waals surface area contributed by atoms with Crippen LogP contribution < -0.4 is 4.74 Å². The summed E-state index contributed by atoms with van der Waals surface area (Å²) >= 11 is 0. The van der Waals surface area contributed by atoms with Gasteiger partial charge in [0.2, 0.25) is 0 Å². The van der Waals surface area contributed by atoms with Crippen LogP contribution in [0.3, 0.4) is 0 Å². The van der Waals surface area contributed by atoms with Crippen molar-refractivity contribution in [2.75, 3.05) is 13.2 Å². The third-order valence-electron chi connectivity index (χ3n) is 4.15. The van der Waals surface area contributed by atoms with Crippen molar-refractivity contribution in [3.8, 4) is 5.75 Å². The van der Waals surface area contributed by atoms with E-state index in [1.54, 1.807) is 0 Å². The number of aliphatic hydroxyl groups excluding tert-OH is 1. The summed E-state index contributed by atoms with van der Waals surface area (Å²) in [4.78, 5) is 2.25. The molecule has 1 atom stereocenters. The van der Waals surface area contributed by atoms with Gasteiger partial charge >= 0.3 is 0 Å². The Morgan fingerprint density at radius 1 is 0.692 bits per heavy atom. The molecule has 0 aliphatic rings. The maximum atomic E-state index is 10.5. The van der Waals surface area contributed by atoms with Crippen LogP contribution >= 0.6 is 0 Å². The Hall–Kier alpha value is -2.62. The SMILES string of the molecule is OC(COc1ccccc1)CN(Cc1ccccc1)Cc1ccccc1. The molecule has 0 aromatic heterocycles. The highest BCUT2D eigenvalue weighted by Crippen LogP contribution is 2.12. The quantitative estimate of drug-likeness (QED) is 0.632. The number of hydrogen-bond acceptors (Lipinski definition) is 3. The number of rotatable bonds is 9. The molecule has 3 nitrogen and oxygen atoms in total. The van der Waals surface area contributed by atoms with Gasteiger partial charge < -0.3 is 9.84 Å². The standard InChI is InChI=1S/C23H25NO2/c25-22(19-26-23-14-8-3-9-15-23)18-24(16-20-10-4-1-5-11-20)17-21-12-6-2-7-13-21/h1-15,22,25H,16-19H2.